The fraction of sp³-hybridized carbons (Fsp3) is 0.731. The third-order valence-electron chi connectivity index (χ3n) is 7.61. The van der Waals surface area contributed by atoms with Crippen LogP contribution >= 0.6 is 0 Å². The van der Waals surface area contributed by atoms with E-state index in [-0.39, 0.29) is 5.92 Å². The van der Waals surface area contributed by atoms with Crippen molar-refractivity contribution in [1.29, 1.82) is 0 Å². The molecule has 0 radical (unpaired) electrons. The van der Waals surface area contributed by atoms with Gasteiger partial charge in [-0.1, -0.05) is 38.3 Å². The number of amides is 1. The van der Waals surface area contributed by atoms with Gasteiger partial charge in [-0.05, 0) is 99.9 Å². The summed E-state index contributed by atoms with van der Waals surface area (Å²) in [4.78, 5) is 15.5. The highest BCUT2D eigenvalue weighted by Gasteiger charge is 2.32. The Balaban J connectivity index is 1.38. The van der Waals surface area contributed by atoms with Crippen molar-refractivity contribution in [2.75, 3.05) is 24.5 Å². The maximum atomic E-state index is 13.4. The van der Waals surface area contributed by atoms with Gasteiger partial charge in [-0.2, -0.15) is 0 Å². The van der Waals surface area contributed by atoms with Crippen molar-refractivity contribution in [2.24, 2.45) is 17.8 Å². The van der Waals surface area contributed by atoms with Crippen LogP contribution in [0.3, 0.4) is 0 Å². The molecule has 2 aliphatic heterocycles. The van der Waals surface area contributed by atoms with Crippen LogP contribution in [-0.2, 0) is 17.6 Å². The first kappa shape index (κ1) is 20.9. The van der Waals surface area contributed by atoms with Gasteiger partial charge in [0.05, 0.1) is 0 Å². The van der Waals surface area contributed by atoms with Crippen molar-refractivity contribution < 1.29 is 4.79 Å². The summed E-state index contributed by atoms with van der Waals surface area (Å²) in [6, 6.07) is 6.95. The van der Waals surface area contributed by atoms with E-state index in [1.54, 1.807) is 0 Å². The zero-order valence-corrected chi connectivity index (χ0v) is 18.4. The van der Waals surface area contributed by atoms with Crippen LogP contribution < -0.4 is 10.2 Å². The first-order chi connectivity index (χ1) is 14.2. The minimum absolute atomic E-state index is 0.256. The summed E-state index contributed by atoms with van der Waals surface area (Å²) < 4.78 is 0. The van der Waals surface area contributed by atoms with Crippen LogP contribution in [0.25, 0.3) is 0 Å². The molecule has 1 aromatic carbocycles. The van der Waals surface area contributed by atoms with Crippen molar-refractivity contribution in [2.45, 2.75) is 84.0 Å². The molecule has 3 nitrogen and oxygen atoms in total. The molecule has 3 aliphatic rings. The van der Waals surface area contributed by atoms with E-state index in [1.165, 1.54) is 74.7 Å². The SMILES string of the molecule is CCCCC1CCC(C(=O)N2CCCc3cc(CC4CCCNC4)ccc32)CC1. The lowest BCUT2D eigenvalue weighted by molar-refractivity contribution is -0.123. The third kappa shape index (κ3) is 5.23. The normalized spacial score (nSPS) is 27.5. The average Bonchev–Trinajstić information content (AvgIpc) is 2.78. The summed E-state index contributed by atoms with van der Waals surface area (Å²) in [5.74, 6) is 2.30. The topological polar surface area (TPSA) is 32.3 Å². The molecule has 160 valence electrons. The molecule has 0 bridgehead atoms. The number of anilines is 1. The molecule has 0 spiro atoms. The second-order valence-corrected chi connectivity index (χ2v) is 9.83. The molecular formula is C26H40N2O. The molecule has 1 atom stereocenters. The van der Waals surface area contributed by atoms with E-state index in [9.17, 15) is 4.79 Å². The number of benzene rings is 1. The Labute approximate surface area is 177 Å². The van der Waals surface area contributed by atoms with Crippen LogP contribution in [0.15, 0.2) is 18.2 Å². The number of nitrogens with zero attached hydrogens (tertiary/aromatic N) is 1. The number of piperidine rings is 1. The van der Waals surface area contributed by atoms with Crippen molar-refractivity contribution in [3.05, 3.63) is 29.3 Å². The smallest absolute Gasteiger partial charge is 0.230 e. The summed E-state index contributed by atoms with van der Waals surface area (Å²) >= 11 is 0. The Morgan fingerprint density at radius 3 is 2.72 bits per heavy atom. The lowest BCUT2D eigenvalue weighted by atomic mass is 9.79. The van der Waals surface area contributed by atoms with E-state index in [0.29, 0.717) is 5.91 Å². The van der Waals surface area contributed by atoms with E-state index in [2.05, 4.69) is 35.3 Å². The minimum atomic E-state index is 0.256. The summed E-state index contributed by atoms with van der Waals surface area (Å²) in [7, 11) is 0. The molecule has 1 aromatic rings. The lowest BCUT2D eigenvalue weighted by Crippen LogP contribution is -2.41. The standard InChI is InChI=1S/C26H40N2O/c1-2-3-6-20-9-12-23(13-10-20)26(29)28-16-5-8-24-18-21(11-14-25(24)28)17-22-7-4-15-27-19-22/h11,14,18,20,22-23,27H,2-10,12-13,15-17,19H2,1H3. The van der Waals surface area contributed by atoms with Gasteiger partial charge in [0, 0.05) is 18.2 Å². The fourth-order valence-corrected chi connectivity index (χ4v) is 5.85. The minimum Gasteiger partial charge on any atom is -0.316 e. The van der Waals surface area contributed by atoms with Gasteiger partial charge >= 0.3 is 0 Å². The zero-order chi connectivity index (χ0) is 20.1. The molecule has 1 saturated carbocycles. The highest BCUT2D eigenvalue weighted by molar-refractivity contribution is 5.96. The number of aryl methyl sites for hydroxylation is 1. The predicted molar refractivity (Wildman–Crippen MR) is 121 cm³/mol. The highest BCUT2D eigenvalue weighted by Crippen LogP contribution is 2.36. The fourth-order valence-electron chi connectivity index (χ4n) is 5.85. The van der Waals surface area contributed by atoms with Gasteiger partial charge in [0.25, 0.3) is 0 Å². The summed E-state index contributed by atoms with van der Waals surface area (Å²) in [5, 5.41) is 3.54. The summed E-state index contributed by atoms with van der Waals surface area (Å²) in [5.41, 5.74) is 4.07. The van der Waals surface area contributed by atoms with Crippen LogP contribution in [0.4, 0.5) is 5.69 Å². The van der Waals surface area contributed by atoms with Crippen LogP contribution in [0, 0.1) is 17.8 Å². The van der Waals surface area contributed by atoms with Crippen molar-refractivity contribution in [3.63, 3.8) is 0 Å². The maximum Gasteiger partial charge on any atom is 0.230 e. The van der Waals surface area contributed by atoms with Crippen molar-refractivity contribution >= 4 is 11.6 Å². The highest BCUT2D eigenvalue weighted by atomic mass is 16.2. The molecule has 0 aromatic heterocycles. The number of rotatable bonds is 6. The Bertz CT molecular complexity index is 671. The third-order valence-corrected chi connectivity index (χ3v) is 7.61. The molecule has 3 heteroatoms. The predicted octanol–water partition coefficient (Wildman–Crippen LogP) is 5.50. The molecule has 2 fully saturated rings. The van der Waals surface area contributed by atoms with Gasteiger partial charge in [0.15, 0.2) is 0 Å². The molecule has 1 unspecified atom stereocenters. The van der Waals surface area contributed by atoms with Gasteiger partial charge in [0.2, 0.25) is 5.91 Å². The monoisotopic (exact) mass is 396 g/mol. The number of hydrogen-bond acceptors (Lipinski definition) is 2. The molecule has 4 rings (SSSR count). The van der Waals surface area contributed by atoms with E-state index in [4.69, 9.17) is 0 Å². The van der Waals surface area contributed by atoms with Crippen molar-refractivity contribution in [1.82, 2.24) is 5.32 Å². The quantitative estimate of drug-likeness (QED) is 0.688. The number of nitrogens with one attached hydrogen (secondary N) is 1. The van der Waals surface area contributed by atoms with Gasteiger partial charge < -0.3 is 10.2 Å². The second kappa shape index (κ2) is 10.1. The Hall–Kier alpha value is -1.35. The molecular weight excluding hydrogens is 356 g/mol. The number of hydrogen-bond donors (Lipinski definition) is 1. The van der Waals surface area contributed by atoms with Gasteiger partial charge in [0.1, 0.15) is 0 Å². The molecule has 1 N–H and O–H groups in total. The molecule has 1 aliphatic carbocycles. The Morgan fingerprint density at radius 1 is 1.10 bits per heavy atom. The first-order valence-electron chi connectivity index (χ1n) is 12.4. The second-order valence-electron chi connectivity index (χ2n) is 9.83. The lowest BCUT2D eigenvalue weighted by Gasteiger charge is -2.35. The van der Waals surface area contributed by atoms with Crippen molar-refractivity contribution in [3.8, 4) is 0 Å². The Morgan fingerprint density at radius 2 is 1.97 bits per heavy atom. The Kier molecular flexibility index (Phi) is 7.29. The molecule has 2 heterocycles. The van der Waals surface area contributed by atoms with E-state index < -0.39 is 0 Å². The van der Waals surface area contributed by atoms with E-state index in [0.717, 1.165) is 50.6 Å². The van der Waals surface area contributed by atoms with Gasteiger partial charge in [-0.15, -0.1) is 0 Å². The summed E-state index contributed by atoms with van der Waals surface area (Å²) in [6.07, 6.45) is 14.8. The largest absolute Gasteiger partial charge is 0.316 e. The maximum absolute atomic E-state index is 13.4. The number of carbonyl (C=O) groups excluding carboxylic acids is 1. The van der Waals surface area contributed by atoms with Crippen LogP contribution in [-0.4, -0.2) is 25.5 Å². The van der Waals surface area contributed by atoms with Crippen LogP contribution in [0.2, 0.25) is 0 Å². The zero-order valence-electron chi connectivity index (χ0n) is 18.4. The average molecular weight is 397 g/mol. The van der Waals surface area contributed by atoms with Crippen LogP contribution in [0.5, 0.6) is 0 Å². The summed E-state index contributed by atoms with van der Waals surface area (Å²) in [6.45, 7) is 5.52. The van der Waals surface area contributed by atoms with Crippen LogP contribution in [0.1, 0.15) is 82.3 Å². The number of fused-ring (bicyclic) bond motifs is 1. The van der Waals surface area contributed by atoms with E-state index in [1.807, 2.05) is 0 Å². The first-order valence-corrected chi connectivity index (χ1v) is 12.4. The number of carbonyl (C=O) groups is 1. The number of unbranched alkanes of at least 4 members (excludes halogenated alkanes) is 1. The molecule has 29 heavy (non-hydrogen) atoms. The van der Waals surface area contributed by atoms with Gasteiger partial charge in [-0.3, -0.25) is 4.79 Å². The molecule has 1 saturated heterocycles. The van der Waals surface area contributed by atoms with E-state index >= 15 is 0 Å². The molecule has 1 amide bonds. The van der Waals surface area contributed by atoms with Gasteiger partial charge in [-0.25, -0.2) is 0 Å².